The van der Waals surface area contributed by atoms with Crippen molar-refractivity contribution in [2.24, 2.45) is 5.92 Å². The van der Waals surface area contributed by atoms with Crippen LogP contribution in [-0.2, 0) is 26.3 Å². The Labute approximate surface area is 245 Å². The Kier molecular flexibility index (Phi) is 8.88. The van der Waals surface area contributed by atoms with E-state index < -0.39 is 21.9 Å². The number of anilines is 1. The second kappa shape index (κ2) is 12.6. The molecule has 1 aliphatic carbocycles. The van der Waals surface area contributed by atoms with Crippen LogP contribution in [0.5, 0.6) is 0 Å². The van der Waals surface area contributed by atoms with Crippen LogP contribution in [-0.4, -0.2) is 54.8 Å². The van der Waals surface area contributed by atoms with Crippen molar-refractivity contribution in [3.05, 3.63) is 78.5 Å². The van der Waals surface area contributed by atoms with Crippen molar-refractivity contribution in [3.8, 4) is 11.1 Å². The summed E-state index contributed by atoms with van der Waals surface area (Å²) in [6, 6.07) is 16.2. The van der Waals surface area contributed by atoms with Crippen LogP contribution >= 0.6 is 0 Å². The quantitative estimate of drug-likeness (QED) is 0.256. The molecule has 0 spiro atoms. The van der Waals surface area contributed by atoms with Gasteiger partial charge in [-0.05, 0) is 68.8 Å². The predicted octanol–water partition coefficient (Wildman–Crippen LogP) is 5.09. The Bertz CT molecular complexity index is 1650. The number of esters is 1. The highest BCUT2D eigenvalue weighted by atomic mass is 32.2. The number of benzene rings is 2. The van der Waals surface area contributed by atoms with Crippen molar-refractivity contribution in [3.63, 3.8) is 0 Å². The van der Waals surface area contributed by atoms with Gasteiger partial charge in [-0.25, -0.2) is 27.5 Å². The Hall–Kier alpha value is -3.83. The monoisotopic (exact) mass is 593 g/mol. The van der Waals surface area contributed by atoms with Crippen molar-refractivity contribution in [1.29, 1.82) is 0 Å². The zero-order valence-corrected chi connectivity index (χ0v) is 24.9. The van der Waals surface area contributed by atoms with Crippen LogP contribution in [0.3, 0.4) is 0 Å². The molecular formula is C31H36FN5O4S. The van der Waals surface area contributed by atoms with Crippen LogP contribution in [0.2, 0.25) is 0 Å². The molecule has 1 fully saturated rings. The van der Waals surface area contributed by atoms with Gasteiger partial charge in [0.15, 0.2) is 6.73 Å². The number of aromatic nitrogens is 3. The number of nitrogens with one attached hydrogen (secondary N) is 1. The number of hydrogen-bond acceptors (Lipinski definition) is 7. The number of nitrogens with zero attached hydrogens (tertiary/aromatic N) is 4. The second-order valence-corrected chi connectivity index (χ2v) is 12.9. The van der Waals surface area contributed by atoms with E-state index in [2.05, 4.69) is 19.6 Å². The minimum atomic E-state index is -3.22. The van der Waals surface area contributed by atoms with E-state index in [1.807, 2.05) is 49.6 Å². The molecular weight excluding hydrogens is 557 g/mol. The molecule has 1 saturated carbocycles. The van der Waals surface area contributed by atoms with Gasteiger partial charge >= 0.3 is 5.97 Å². The molecule has 2 aromatic carbocycles. The lowest BCUT2D eigenvalue weighted by molar-refractivity contribution is -0.148. The van der Waals surface area contributed by atoms with E-state index in [1.165, 1.54) is 19.4 Å². The molecule has 1 atom stereocenters. The summed E-state index contributed by atoms with van der Waals surface area (Å²) in [7, 11) is 0.229. The van der Waals surface area contributed by atoms with Gasteiger partial charge in [0.25, 0.3) is 0 Å². The van der Waals surface area contributed by atoms with Gasteiger partial charge in [0, 0.05) is 24.8 Å². The van der Waals surface area contributed by atoms with E-state index in [4.69, 9.17) is 4.74 Å². The molecule has 0 aliphatic heterocycles. The van der Waals surface area contributed by atoms with Crippen molar-refractivity contribution in [2.45, 2.75) is 51.3 Å². The lowest BCUT2D eigenvalue weighted by atomic mass is 9.86. The molecule has 2 aromatic heterocycles. The van der Waals surface area contributed by atoms with E-state index >= 15 is 0 Å². The average Bonchev–Trinajstić information content (AvgIpc) is 3.43. The minimum Gasteiger partial charge on any atom is -0.443 e. The number of carbonyl (C=O) groups is 1. The van der Waals surface area contributed by atoms with Crippen molar-refractivity contribution in [2.75, 3.05) is 24.7 Å². The van der Waals surface area contributed by atoms with Crippen LogP contribution in [0.1, 0.15) is 44.1 Å². The third-order valence-corrected chi connectivity index (χ3v) is 9.81. The maximum atomic E-state index is 14.9. The first-order valence-electron chi connectivity index (χ1n) is 14.1. The molecule has 0 amide bonds. The second-order valence-electron chi connectivity index (χ2n) is 10.9. The van der Waals surface area contributed by atoms with Crippen molar-refractivity contribution < 1.29 is 22.3 Å². The SMILES string of the molecule is CNS(=O)(=O)CC1CCC(N(C)c2ncnc3c2ccn3COC(=O)C(C)c2ccc(-c3ccccc3)c(F)c2)CC1. The number of rotatable bonds is 10. The first kappa shape index (κ1) is 29.7. The van der Waals surface area contributed by atoms with Gasteiger partial charge < -0.3 is 9.64 Å². The summed E-state index contributed by atoms with van der Waals surface area (Å²) in [5, 5.41) is 0.836. The van der Waals surface area contributed by atoms with Crippen molar-refractivity contribution in [1.82, 2.24) is 19.3 Å². The maximum absolute atomic E-state index is 14.9. The molecule has 0 saturated heterocycles. The van der Waals surface area contributed by atoms with Gasteiger partial charge in [-0.15, -0.1) is 0 Å². The number of carbonyl (C=O) groups excluding carboxylic acids is 1. The fraction of sp³-hybridized carbons (Fsp3) is 0.387. The summed E-state index contributed by atoms with van der Waals surface area (Å²) in [6.07, 6.45) is 6.71. The van der Waals surface area contributed by atoms with E-state index in [1.54, 1.807) is 23.6 Å². The molecule has 4 aromatic rings. The fourth-order valence-electron chi connectivity index (χ4n) is 5.69. The molecule has 2 heterocycles. The standard InChI is InChI=1S/C31H36FN5O4S/c1-21(24-11-14-26(28(32)17-24)23-7-5-4-6-8-23)31(38)41-20-37-16-15-27-29(34-19-35-30(27)37)36(3)25-12-9-22(10-13-25)18-42(39,40)33-2/h4-8,11,14-17,19,21-22,25,33H,9-10,12-13,18,20H2,1-3H3. The highest BCUT2D eigenvalue weighted by molar-refractivity contribution is 7.89. The van der Waals surface area contributed by atoms with Crippen LogP contribution < -0.4 is 9.62 Å². The number of hydrogen-bond donors (Lipinski definition) is 1. The maximum Gasteiger partial charge on any atom is 0.314 e. The summed E-state index contributed by atoms with van der Waals surface area (Å²) in [6.45, 7) is 1.66. The Balaban J connectivity index is 1.22. The van der Waals surface area contributed by atoms with Gasteiger partial charge in [-0.1, -0.05) is 42.5 Å². The number of fused-ring (bicyclic) bond motifs is 1. The normalized spacial score (nSPS) is 18.1. The lowest BCUT2D eigenvalue weighted by Crippen LogP contribution is -2.38. The largest absolute Gasteiger partial charge is 0.443 e. The molecule has 42 heavy (non-hydrogen) atoms. The molecule has 222 valence electrons. The summed E-state index contributed by atoms with van der Waals surface area (Å²) < 4.78 is 48.5. The summed E-state index contributed by atoms with van der Waals surface area (Å²) in [4.78, 5) is 24.0. The smallest absolute Gasteiger partial charge is 0.314 e. The highest BCUT2D eigenvalue weighted by Crippen LogP contribution is 2.33. The molecule has 1 aliphatic rings. The van der Waals surface area contributed by atoms with E-state index in [0.717, 1.165) is 42.5 Å². The molecule has 1 N–H and O–H groups in total. The van der Waals surface area contributed by atoms with Crippen LogP contribution in [0.4, 0.5) is 10.2 Å². The summed E-state index contributed by atoms with van der Waals surface area (Å²) >= 11 is 0. The molecule has 0 bridgehead atoms. The minimum absolute atomic E-state index is 0.0392. The lowest BCUT2D eigenvalue weighted by Gasteiger charge is -2.35. The highest BCUT2D eigenvalue weighted by Gasteiger charge is 2.28. The van der Waals surface area contributed by atoms with Gasteiger partial charge in [0.1, 0.15) is 23.6 Å². The summed E-state index contributed by atoms with van der Waals surface area (Å²) in [5.74, 6) is -0.425. The topological polar surface area (TPSA) is 106 Å². The number of sulfonamides is 1. The average molecular weight is 594 g/mol. The van der Waals surface area contributed by atoms with Gasteiger partial charge in [0.05, 0.1) is 17.1 Å². The van der Waals surface area contributed by atoms with Crippen LogP contribution in [0.15, 0.2) is 67.1 Å². The van der Waals surface area contributed by atoms with E-state index in [9.17, 15) is 17.6 Å². The molecule has 5 rings (SSSR count). The van der Waals surface area contributed by atoms with Crippen molar-refractivity contribution >= 4 is 32.8 Å². The van der Waals surface area contributed by atoms with Crippen LogP contribution in [0, 0.1) is 11.7 Å². The molecule has 0 radical (unpaired) electrons. The van der Waals surface area contributed by atoms with Gasteiger partial charge in [-0.3, -0.25) is 9.36 Å². The molecule has 11 heteroatoms. The molecule has 9 nitrogen and oxygen atoms in total. The third-order valence-electron chi connectivity index (χ3n) is 8.28. The van der Waals surface area contributed by atoms with Crippen LogP contribution in [0.25, 0.3) is 22.2 Å². The zero-order valence-electron chi connectivity index (χ0n) is 24.0. The fourth-order valence-corrected chi connectivity index (χ4v) is 6.81. The van der Waals surface area contributed by atoms with Gasteiger partial charge in [-0.2, -0.15) is 0 Å². The summed E-state index contributed by atoms with van der Waals surface area (Å²) in [5.41, 5.74) is 2.43. The van der Waals surface area contributed by atoms with Gasteiger partial charge in [0.2, 0.25) is 10.0 Å². The zero-order chi connectivity index (χ0) is 29.9. The molecule has 1 unspecified atom stereocenters. The Morgan fingerprint density at radius 3 is 2.55 bits per heavy atom. The predicted molar refractivity (Wildman–Crippen MR) is 161 cm³/mol. The number of ether oxygens (including phenoxy) is 1. The van der Waals surface area contributed by atoms with E-state index in [-0.39, 0.29) is 30.3 Å². The first-order chi connectivity index (χ1) is 20.2. The van der Waals surface area contributed by atoms with E-state index in [0.29, 0.717) is 16.8 Å². The number of halogens is 1. The third kappa shape index (κ3) is 6.47. The first-order valence-corrected chi connectivity index (χ1v) is 15.8. The Morgan fingerprint density at radius 2 is 1.86 bits per heavy atom. The Morgan fingerprint density at radius 1 is 1.12 bits per heavy atom.